The lowest BCUT2D eigenvalue weighted by molar-refractivity contribution is -0.389. The summed E-state index contributed by atoms with van der Waals surface area (Å²) >= 11 is 3.55. The Balaban J connectivity index is 0.000000154. The monoisotopic (exact) mass is 1940 g/mol. The number of nitrogens with one attached hydrogen (secondary N) is 3. The fraction of sp³-hybridized carbons (Fsp3) is 0.541. The molecule has 10 aromatic rings. The average Bonchev–Trinajstić information content (AvgIpc) is 1.59. The molecule has 10 atom stereocenters. The number of nitrogens with two attached hydrogens (primary N) is 1. The van der Waals surface area contributed by atoms with Crippen LogP contribution in [0.1, 0.15) is 203 Å². The number of pyridine rings is 4. The van der Waals surface area contributed by atoms with Crippen molar-refractivity contribution >= 4 is 114 Å². The number of aromatic nitrogens is 12. The number of rotatable bonds is 11. The summed E-state index contributed by atoms with van der Waals surface area (Å²) in [6.45, 7) is 51.8. The van der Waals surface area contributed by atoms with E-state index >= 15 is 13.2 Å². The summed E-state index contributed by atoms with van der Waals surface area (Å²) in [7, 11) is 0. The van der Waals surface area contributed by atoms with Crippen LogP contribution >= 0.6 is 16.1 Å². The number of ether oxygens (including phenoxy) is 3. The molecule has 5 saturated heterocycles. The second-order valence-electron chi connectivity index (χ2n) is 41.2. The highest BCUT2D eigenvalue weighted by atomic mass is 79.9. The van der Waals surface area contributed by atoms with E-state index in [9.17, 15) is 28.9 Å². The largest absolute Gasteiger partial charge is 0.444 e. The van der Waals surface area contributed by atoms with Gasteiger partial charge < -0.3 is 74.7 Å². The highest BCUT2D eigenvalue weighted by molar-refractivity contribution is 9.07. The lowest BCUT2D eigenvalue weighted by atomic mass is 10.0. The smallest absolute Gasteiger partial charge is 0.410 e. The molecule has 5 N–H and O–H groups in total. The van der Waals surface area contributed by atoms with Crippen LogP contribution in [0.25, 0.3) is 44.6 Å². The van der Waals surface area contributed by atoms with Gasteiger partial charge in [0.05, 0.1) is 101 Å². The molecule has 0 bridgehead atoms. The van der Waals surface area contributed by atoms with Crippen LogP contribution in [0.3, 0.4) is 0 Å². The molecule has 0 aliphatic carbocycles. The van der Waals surface area contributed by atoms with Crippen molar-refractivity contribution in [3.8, 4) is 22.5 Å². The van der Waals surface area contributed by atoms with Gasteiger partial charge in [0.1, 0.15) is 68.3 Å². The third kappa shape index (κ3) is 24.4. The standard InChI is InChI=1S/C32H38F2N8O2.C27H30F2N8.C16H24N4O4.C16H26N4O2.C7H14BrN/c1-18-16-40(17-19(2)41(18)30(43)44-31(3,4)5)21-8-9-25(35-14-21)37-29-36-15-23(34)27(39-29)20-12-22(33)28-24(13-20)42-26(38-28)10-11-32(42,6)7;1-15-13-36(14-16(2)32-15)18-5-6-22(30-11-18)33-26-31-12-20(29)24(35-26)17-9-19(28)25-21(10-17)37-23(34-25)7-8-27(37,3)4;1-11-9-18(13-6-7-14(17-8-13)20(22)23)10-12(2)19(11)15(21)24-16(3,4)5;1-11-9-19(13-6-7-14(17)18-8-13)10-12(2)20(11)15(21)22-16(3,4)5;1-6-4-3-5-7(2)9(6)8/h8-9,12-15,18-19H,10-11,16-17H2,1-7H3,(H,35,36,37,39);5-6,9-12,15-16,32H,7-8,13-14H2,1-4H3,(H,30,31,33,35);6-8,11-12H,9-10H2,1-5H3;6-8,11-12H,9-10H2,1-5H3,(H2,17,18);6-7H,3-5H2,1-2H3. The molecule has 5 fully saturated rings. The molecule has 7 aliphatic heterocycles. The summed E-state index contributed by atoms with van der Waals surface area (Å²) in [5.41, 5.74) is 9.92. The van der Waals surface area contributed by atoms with Gasteiger partial charge in [-0.1, -0.05) is 6.42 Å². The summed E-state index contributed by atoms with van der Waals surface area (Å²) in [5, 5.41) is 20.3. The third-order valence-electron chi connectivity index (χ3n) is 25.1. The van der Waals surface area contributed by atoms with Crippen molar-refractivity contribution in [3.05, 3.63) is 155 Å². The van der Waals surface area contributed by atoms with Crippen LogP contribution in [-0.4, -0.2) is 230 Å². The number of hydrogen-bond donors (Lipinski definition) is 4. The van der Waals surface area contributed by atoms with Crippen LogP contribution in [0.15, 0.2) is 110 Å². The summed E-state index contributed by atoms with van der Waals surface area (Å²) in [5.74, 6) is 1.03. The summed E-state index contributed by atoms with van der Waals surface area (Å²) in [6, 6.07) is 22.6. The number of benzene rings is 2. The van der Waals surface area contributed by atoms with E-state index in [1.807, 2.05) is 144 Å². The van der Waals surface area contributed by atoms with Gasteiger partial charge in [-0.3, -0.25) is 14.7 Å². The molecule has 33 nitrogen and oxygen atoms in total. The zero-order chi connectivity index (χ0) is 98.9. The molecule has 0 radical (unpaired) electrons. The maximum Gasteiger partial charge on any atom is 0.410 e. The number of nitrogens with zero attached hydrogens (tertiary/aromatic N) is 21. The average molecular weight is 1940 g/mol. The minimum Gasteiger partial charge on any atom is -0.444 e. The fourth-order valence-corrected chi connectivity index (χ4v) is 19.4. The van der Waals surface area contributed by atoms with Gasteiger partial charge in [-0.25, -0.2) is 80.7 Å². The Morgan fingerprint density at radius 2 is 0.794 bits per heavy atom. The number of carbonyl (C=O) groups excluding carboxylic acids is 3. The maximum atomic E-state index is 15.2. The molecule has 10 unspecified atom stereocenters. The molecule has 8 aromatic heterocycles. The van der Waals surface area contributed by atoms with Gasteiger partial charge in [-0.05, 0) is 262 Å². The van der Waals surface area contributed by atoms with Gasteiger partial charge in [0.2, 0.25) is 11.9 Å². The van der Waals surface area contributed by atoms with E-state index in [0.717, 1.165) is 111 Å². The minimum atomic E-state index is -0.660. The Kier molecular flexibility index (Phi) is 30.7. The molecule has 38 heteroatoms. The third-order valence-corrected chi connectivity index (χ3v) is 26.5. The molecule has 3 amide bonds. The number of hydrogen-bond acceptors (Lipinski definition) is 27. The molecular weight excluding hydrogens is 1810 g/mol. The Hall–Kier alpha value is -11.9. The topological polar surface area (TPSA) is 349 Å². The van der Waals surface area contributed by atoms with Gasteiger partial charge in [-0.2, -0.15) is 0 Å². The normalized spacial score (nSPS) is 22.1. The van der Waals surface area contributed by atoms with Gasteiger partial charge in [0, 0.05) is 134 Å². The molecule has 0 saturated carbocycles. The van der Waals surface area contributed by atoms with Gasteiger partial charge >= 0.3 is 24.1 Å². The van der Waals surface area contributed by atoms with Crippen LogP contribution in [-0.2, 0) is 38.1 Å². The SMILES string of the molecule is CC1CCCC(C)N1Br.CC1CN(c2ccc(N)nc2)CC(C)N1C(=O)OC(C)(C)C.CC1CN(c2ccc(Nc3ncc(F)c(-c4cc(F)c5nc6n(c5c4)C(C)(C)CC6)n3)nc2)CC(C)N1.CC1CN(c2ccc(Nc3ncc(F)c(-c4cc(F)c5nc6n(c5c4)C(C)(C)CC6)n3)nc2)CC(C)N1C(=O)OC(C)(C)C.CC1CN(c2ccc([N+](=O)[O-])nc2)CC(C)N1C(=O)OC(C)(C)C. The first-order valence-electron chi connectivity index (χ1n) is 46.9. The second-order valence-corrected chi connectivity index (χ2v) is 42.0. The number of fused-ring (bicyclic) bond motifs is 6. The van der Waals surface area contributed by atoms with Gasteiger partial charge in [-0.15, -0.1) is 0 Å². The number of halogens is 5. The summed E-state index contributed by atoms with van der Waals surface area (Å²) in [6.07, 6.45) is 15.6. The van der Waals surface area contributed by atoms with E-state index < -0.39 is 45.0 Å². The Bertz CT molecular complexity index is 5840. The summed E-state index contributed by atoms with van der Waals surface area (Å²) in [4.78, 5) is 105. The predicted octanol–water partition coefficient (Wildman–Crippen LogP) is 19.1. The highest BCUT2D eigenvalue weighted by Gasteiger charge is 2.42. The maximum absolute atomic E-state index is 15.2. The van der Waals surface area contributed by atoms with Crippen molar-refractivity contribution in [2.24, 2.45) is 0 Å². The fourth-order valence-electron chi connectivity index (χ4n) is 19.0. The molecule has 17 rings (SSSR count). The molecular formula is C98H132BrF4N25O8. The van der Waals surface area contributed by atoms with E-state index in [0.29, 0.717) is 83.4 Å². The summed E-state index contributed by atoms with van der Waals surface area (Å²) < 4.78 is 83.1. The number of aryl methyl sites for hydroxylation is 2. The van der Waals surface area contributed by atoms with Gasteiger partial charge in [0.25, 0.3) is 0 Å². The number of nitro groups is 1. The van der Waals surface area contributed by atoms with Gasteiger partial charge in [0.15, 0.2) is 29.5 Å². The van der Waals surface area contributed by atoms with Crippen molar-refractivity contribution in [2.45, 2.75) is 292 Å². The number of imidazole rings is 2. The number of piperidine rings is 1. The van der Waals surface area contributed by atoms with Crippen LogP contribution < -0.4 is 41.3 Å². The van der Waals surface area contributed by atoms with Crippen molar-refractivity contribution in [3.63, 3.8) is 0 Å². The number of anilines is 9. The zero-order valence-corrected chi connectivity index (χ0v) is 84.0. The predicted molar refractivity (Wildman–Crippen MR) is 527 cm³/mol. The molecule has 0 spiro atoms. The number of piperazine rings is 4. The lowest BCUT2D eigenvalue weighted by Crippen LogP contribution is -2.59. The quantitative estimate of drug-likeness (QED) is 0.0307. The van der Waals surface area contributed by atoms with E-state index in [2.05, 4.69) is 165 Å². The number of carbonyl (C=O) groups is 3. The Morgan fingerprint density at radius 3 is 1.10 bits per heavy atom. The number of amides is 3. The minimum absolute atomic E-state index is 0.0166. The first-order chi connectivity index (χ1) is 63.8. The van der Waals surface area contributed by atoms with Crippen molar-refractivity contribution < 1.29 is 51.1 Å². The van der Waals surface area contributed by atoms with Crippen molar-refractivity contribution in [1.29, 1.82) is 0 Å². The van der Waals surface area contributed by atoms with Crippen LogP contribution in [0.5, 0.6) is 0 Å². The zero-order valence-electron chi connectivity index (χ0n) is 82.4. The second kappa shape index (κ2) is 41.2. The highest BCUT2D eigenvalue weighted by Crippen LogP contribution is 2.42. The molecule has 136 heavy (non-hydrogen) atoms. The Morgan fingerprint density at radius 1 is 0.456 bits per heavy atom. The first kappa shape index (κ1) is 101. The van der Waals surface area contributed by atoms with Crippen LogP contribution in [0.4, 0.5) is 89.9 Å². The van der Waals surface area contributed by atoms with Crippen LogP contribution in [0.2, 0.25) is 0 Å². The molecule has 7 aliphatic rings. The van der Waals surface area contributed by atoms with Crippen molar-refractivity contribution in [1.82, 2.24) is 82.9 Å². The van der Waals surface area contributed by atoms with E-state index in [1.54, 1.807) is 52.5 Å². The van der Waals surface area contributed by atoms with E-state index in [1.165, 1.54) is 43.7 Å². The van der Waals surface area contributed by atoms with E-state index in [4.69, 9.17) is 19.9 Å². The van der Waals surface area contributed by atoms with Crippen LogP contribution in [0, 0.1) is 33.4 Å². The van der Waals surface area contributed by atoms with Crippen molar-refractivity contribution in [2.75, 3.05) is 88.3 Å². The first-order valence-corrected chi connectivity index (χ1v) is 47.6. The molecule has 732 valence electrons. The lowest BCUT2D eigenvalue weighted by Gasteiger charge is -2.45. The molecule has 15 heterocycles. The van der Waals surface area contributed by atoms with E-state index in [-0.39, 0.29) is 100 Å². The Labute approximate surface area is 802 Å². The molecule has 2 aromatic carbocycles. The number of nitrogen functional groups attached to an aromatic ring is 1.